The van der Waals surface area contributed by atoms with Gasteiger partial charge in [-0.1, -0.05) is 30.3 Å². The number of methoxy groups -OCH3 is 1. The molecule has 2 aliphatic heterocycles. The highest BCUT2D eigenvalue weighted by Gasteiger charge is 2.50. The maximum Gasteiger partial charge on any atom is 0.359 e. The summed E-state index contributed by atoms with van der Waals surface area (Å²) in [5.41, 5.74) is -0.0306. The first-order valence-corrected chi connectivity index (χ1v) is 11.1. The van der Waals surface area contributed by atoms with E-state index in [9.17, 15) is 14.4 Å². The zero-order valence-corrected chi connectivity index (χ0v) is 19.3. The number of anilines is 1. The molecule has 2 aromatic carbocycles. The number of nitrogens with one attached hydrogen (secondary N) is 1. The molecule has 0 fully saturated rings. The molecule has 0 aliphatic carbocycles. The number of nitrogens with zero attached hydrogens (tertiary/aromatic N) is 3. The zero-order valence-electron chi connectivity index (χ0n) is 19.3. The number of benzene rings is 2. The molecular weight excluding hydrogens is 452 g/mol. The van der Waals surface area contributed by atoms with Crippen molar-refractivity contribution in [1.29, 1.82) is 0 Å². The number of aromatic nitrogens is 2. The van der Waals surface area contributed by atoms with Crippen LogP contribution in [0.4, 0.5) is 5.69 Å². The van der Waals surface area contributed by atoms with E-state index < -0.39 is 17.4 Å². The second-order valence-electron chi connectivity index (χ2n) is 8.47. The minimum atomic E-state index is -1.34. The van der Waals surface area contributed by atoms with Gasteiger partial charge in [0, 0.05) is 18.3 Å². The Morgan fingerprint density at radius 2 is 1.86 bits per heavy atom. The second kappa shape index (κ2) is 8.79. The van der Waals surface area contributed by atoms with Crippen molar-refractivity contribution in [3.05, 3.63) is 71.8 Å². The molecule has 35 heavy (non-hydrogen) atoms. The second-order valence-corrected chi connectivity index (χ2v) is 8.47. The van der Waals surface area contributed by atoms with Gasteiger partial charge < -0.3 is 24.1 Å². The first kappa shape index (κ1) is 22.5. The van der Waals surface area contributed by atoms with E-state index >= 15 is 0 Å². The fourth-order valence-corrected chi connectivity index (χ4v) is 4.42. The molecule has 3 heterocycles. The number of hydrogen-bond acceptors (Lipinski definition) is 7. The molecule has 1 atom stereocenters. The van der Waals surface area contributed by atoms with Gasteiger partial charge in [0.1, 0.15) is 24.4 Å². The molecule has 0 spiro atoms. The fourth-order valence-electron chi connectivity index (χ4n) is 4.42. The van der Waals surface area contributed by atoms with Gasteiger partial charge in [0.15, 0.2) is 17.2 Å². The van der Waals surface area contributed by atoms with E-state index in [4.69, 9.17) is 14.2 Å². The Labute approximate surface area is 201 Å². The lowest BCUT2D eigenvalue weighted by Gasteiger charge is -2.43. The van der Waals surface area contributed by atoms with Crippen molar-refractivity contribution in [1.82, 2.24) is 14.9 Å². The van der Waals surface area contributed by atoms with Crippen molar-refractivity contribution < 1.29 is 28.6 Å². The number of rotatable bonds is 5. The van der Waals surface area contributed by atoms with E-state index in [1.165, 1.54) is 22.9 Å². The molecule has 1 N–H and O–H groups in total. The smallest absolute Gasteiger partial charge is 0.359 e. The van der Waals surface area contributed by atoms with E-state index in [1.807, 2.05) is 30.3 Å². The number of imidazole rings is 1. The molecule has 10 heteroatoms. The first-order chi connectivity index (χ1) is 16.9. The molecule has 5 rings (SSSR count). The zero-order chi connectivity index (χ0) is 24.6. The lowest BCUT2D eigenvalue weighted by atomic mass is 9.93. The van der Waals surface area contributed by atoms with Gasteiger partial charge >= 0.3 is 5.97 Å². The van der Waals surface area contributed by atoms with Crippen LogP contribution in [0.1, 0.15) is 33.5 Å². The van der Waals surface area contributed by atoms with Crippen LogP contribution in [-0.2, 0) is 22.6 Å². The summed E-state index contributed by atoms with van der Waals surface area (Å²) >= 11 is 0. The van der Waals surface area contributed by atoms with E-state index in [0.29, 0.717) is 36.9 Å². The summed E-state index contributed by atoms with van der Waals surface area (Å²) in [5.74, 6) is -0.612. The van der Waals surface area contributed by atoms with Gasteiger partial charge in [-0.15, -0.1) is 0 Å². The highest BCUT2D eigenvalue weighted by molar-refractivity contribution is 6.15. The maximum atomic E-state index is 13.9. The number of ether oxygens (including phenoxy) is 3. The van der Waals surface area contributed by atoms with Gasteiger partial charge in [-0.2, -0.15) is 0 Å². The molecule has 180 valence electrons. The van der Waals surface area contributed by atoms with Crippen LogP contribution in [0.3, 0.4) is 0 Å². The van der Waals surface area contributed by atoms with Crippen molar-refractivity contribution in [2.75, 3.05) is 25.2 Å². The Morgan fingerprint density at radius 1 is 1.11 bits per heavy atom. The molecule has 2 aliphatic rings. The summed E-state index contributed by atoms with van der Waals surface area (Å²) in [5, 5.41) is 2.95. The fraction of sp³-hybridized carbons (Fsp3) is 0.280. The lowest BCUT2D eigenvalue weighted by Crippen LogP contribution is -2.64. The predicted octanol–water partition coefficient (Wildman–Crippen LogP) is 2.18. The van der Waals surface area contributed by atoms with Gasteiger partial charge in [0.05, 0.1) is 20.0 Å². The van der Waals surface area contributed by atoms with E-state index in [-0.39, 0.29) is 23.8 Å². The summed E-state index contributed by atoms with van der Waals surface area (Å²) < 4.78 is 17.6. The Bertz CT molecular complexity index is 1300. The van der Waals surface area contributed by atoms with Gasteiger partial charge in [0.2, 0.25) is 5.91 Å². The molecule has 1 unspecified atom stereocenters. The molecule has 0 radical (unpaired) electrons. The summed E-state index contributed by atoms with van der Waals surface area (Å²) in [6.45, 7) is 2.85. The van der Waals surface area contributed by atoms with Crippen LogP contribution in [0, 0.1) is 0 Å². The largest absolute Gasteiger partial charge is 0.486 e. The number of carbonyl (C=O) groups excluding carboxylic acids is 3. The Hall–Kier alpha value is -4.34. The van der Waals surface area contributed by atoms with E-state index in [2.05, 4.69) is 10.3 Å². The summed E-state index contributed by atoms with van der Waals surface area (Å²) in [7, 11) is 1.22. The summed E-state index contributed by atoms with van der Waals surface area (Å²) in [6.07, 6.45) is 1.38. The van der Waals surface area contributed by atoms with Crippen LogP contribution < -0.4 is 19.7 Å². The van der Waals surface area contributed by atoms with Gasteiger partial charge in [-0.3, -0.25) is 14.5 Å². The van der Waals surface area contributed by atoms with Crippen molar-refractivity contribution in [3.63, 3.8) is 0 Å². The molecule has 0 saturated carbocycles. The van der Waals surface area contributed by atoms with Crippen LogP contribution >= 0.6 is 0 Å². The van der Waals surface area contributed by atoms with E-state index in [0.717, 1.165) is 5.56 Å². The third kappa shape index (κ3) is 3.86. The van der Waals surface area contributed by atoms with E-state index in [1.54, 1.807) is 25.1 Å². The van der Waals surface area contributed by atoms with Crippen LogP contribution in [0.5, 0.6) is 11.5 Å². The van der Waals surface area contributed by atoms with Crippen molar-refractivity contribution in [2.24, 2.45) is 0 Å². The SMILES string of the molecule is COC(=O)c1ncn2c1C(=O)N(c1ccc3c(c1)OCCO3)C(C)(C(=O)NCc1ccccc1)C2. The summed E-state index contributed by atoms with van der Waals surface area (Å²) in [6, 6.07) is 14.6. The minimum Gasteiger partial charge on any atom is -0.486 e. The Morgan fingerprint density at radius 3 is 2.60 bits per heavy atom. The van der Waals surface area contributed by atoms with Gasteiger partial charge in [0.25, 0.3) is 5.91 Å². The standard InChI is InChI=1S/C25H24N4O6/c1-25(24(32)26-13-16-6-4-3-5-7-16)14-28-15-27-20(23(31)33-2)21(28)22(30)29(25)17-8-9-18-19(12-17)35-11-10-34-18/h3-9,12,15H,10-11,13-14H2,1-2H3,(H,26,32). The van der Waals surface area contributed by atoms with Crippen molar-refractivity contribution in [2.45, 2.75) is 25.6 Å². The molecule has 10 nitrogen and oxygen atoms in total. The highest BCUT2D eigenvalue weighted by atomic mass is 16.6. The quantitative estimate of drug-likeness (QED) is 0.562. The van der Waals surface area contributed by atoms with Gasteiger partial charge in [-0.25, -0.2) is 9.78 Å². The Balaban J connectivity index is 1.57. The molecular formula is C25H24N4O6. The third-order valence-electron chi connectivity index (χ3n) is 6.16. The topological polar surface area (TPSA) is 112 Å². The molecule has 0 bridgehead atoms. The average molecular weight is 476 g/mol. The van der Waals surface area contributed by atoms with Crippen molar-refractivity contribution in [3.8, 4) is 11.5 Å². The Kier molecular flexibility index (Phi) is 5.64. The number of fused-ring (bicyclic) bond motifs is 2. The summed E-state index contributed by atoms with van der Waals surface area (Å²) in [4.78, 5) is 45.3. The normalized spacial score (nSPS) is 18.6. The van der Waals surface area contributed by atoms with Crippen LogP contribution in [0.2, 0.25) is 0 Å². The maximum absolute atomic E-state index is 13.9. The number of hydrogen-bond donors (Lipinski definition) is 1. The van der Waals surface area contributed by atoms with Crippen LogP contribution in [-0.4, -0.2) is 53.2 Å². The average Bonchev–Trinajstić information content (AvgIpc) is 3.31. The number of carbonyl (C=O) groups is 3. The molecule has 3 aromatic rings. The van der Waals surface area contributed by atoms with Crippen molar-refractivity contribution >= 4 is 23.5 Å². The third-order valence-corrected chi connectivity index (χ3v) is 6.16. The molecule has 0 saturated heterocycles. The van der Waals surface area contributed by atoms with Gasteiger partial charge in [-0.05, 0) is 24.6 Å². The van der Waals surface area contributed by atoms with Crippen LogP contribution in [0.15, 0.2) is 54.9 Å². The number of esters is 1. The number of amides is 2. The molecule has 2 amide bonds. The molecule has 1 aromatic heterocycles. The minimum absolute atomic E-state index is 0.0556. The highest BCUT2D eigenvalue weighted by Crippen LogP contribution is 2.39. The lowest BCUT2D eigenvalue weighted by molar-refractivity contribution is -0.126. The van der Waals surface area contributed by atoms with Crippen LogP contribution in [0.25, 0.3) is 0 Å². The first-order valence-electron chi connectivity index (χ1n) is 11.1. The monoisotopic (exact) mass is 476 g/mol. The predicted molar refractivity (Wildman–Crippen MR) is 125 cm³/mol.